The van der Waals surface area contributed by atoms with Crippen LogP contribution in [0.15, 0.2) is 24.5 Å². The topological polar surface area (TPSA) is 45.2 Å². The summed E-state index contributed by atoms with van der Waals surface area (Å²) in [4.78, 5) is 18.4. The summed E-state index contributed by atoms with van der Waals surface area (Å²) in [6, 6.07) is 3.90. The molecule has 1 fully saturated rings. The summed E-state index contributed by atoms with van der Waals surface area (Å²) in [5, 5.41) is 3.30. The lowest BCUT2D eigenvalue weighted by atomic mass is 9.79. The van der Waals surface area contributed by atoms with Crippen molar-refractivity contribution in [2.75, 3.05) is 20.1 Å². The van der Waals surface area contributed by atoms with Crippen molar-refractivity contribution in [3.8, 4) is 0 Å². The second-order valence-corrected chi connectivity index (χ2v) is 5.33. The molecule has 2 heterocycles. The van der Waals surface area contributed by atoms with Gasteiger partial charge in [0.15, 0.2) is 0 Å². The largest absolute Gasteiger partial charge is 0.341 e. The Bertz CT molecular complexity index is 399. The molecule has 0 unspecified atom stereocenters. The van der Waals surface area contributed by atoms with Crippen molar-refractivity contribution in [3.63, 3.8) is 0 Å². The third-order valence-electron chi connectivity index (χ3n) is 3.71. The molecule has 0 radical (unpaired) electrons. The first-order chi connectivity index (χ1) is 8.62. The standard InChI is InChI=1S/C14H21N3O/c1-14(5-8-15-9-6-14)13(18)17(2)11-12-4-3-7-16-10-12/h3-4,7,10,15H,5-6,8-9,11H2,1-2H3. The van der Waals surface area contributed by atoms with Gasteiger partial charge in [-0.05, 0) is 37.6 Å². The fraction of sp³-hybridized carbons (Fsp3) is 0.571. The molecule has 0 bridgehead atoms. The highest BCUT2D eigenvalue weighted by atomic mass is 16.2. The van der Waals surface area contributed by atoms with Crippen LogP contribution in [0.4, 0.5) is 0 Å². The van der Waals surface area contributed by atoms with E-state index in [1.807, 2.05) is 30.3 Å². The summed E-state index contributed by atoms with van der Waals surface area (Å²) >= 11 is 0. The molecule has 98 valence electrons. The van der Waals surface area contributed by atoms with Crippen LogP contribution >= 0.6 is 0 Å². The maximum atomic E-state index is 12.5. The molecule has 2 rings (SSSR count). The first-order valence-electron chi connectivity index (χ1n) is 6.47. The van der Waals surface area contributed by atoms with E-state index < -0.39 is 0 Å². The first kappa shape index (κ1) is 13.0. The molecule has 0 spiro atoms. The Morgan fingerprint density at radius 1 is 1.50 bits per heavy atom. The summed E-state index contributed by atoms with van der Waals surface area (Å²) < 4.78 is 0. The van der Waals surface area contributed by atoms with Crippen LogP contribution in [0.25, 0.3) is 0 Å². The predicted octanol–water partition coefficient (Wildman–Crippen LogP) is 1.43. The van der Waals surface area contributed by atoms with Crippen molar-refractivity contribution in [2.24, 2.45) is 5.41 Å². The number of pyridine rings is 1. The van der Waals surface area contributed by atoms with Crippen molar-refractivity contribution in [1.29, 1.82) is 0 Å². The smallest absolute Gasteiger partial charge is 0.228 e. The Morgan fingerprint density at radius 2 is 2.22 bits per heavy atom. The molecule has 0 aliphatic carbocycles. The maximum absolute atomic E-state index is 12.5. The highest BCUT2D eigenvalue weighted by Crippen LogP contribution is 2.30. The lowest BCUT2D eigenvalue weighted by Crippen LogP contribution is -2.46. The fourth-order valence-electron chi connectivity index (χ4n) is 2.49. The molecule has 4 heteroatoms. The molecular formula is C14H21N3O. The first-order valence-corrected chi connectivity index (χ1v) is 6.47. The van der Waals surface area contributed by atoms with Gasteiger partial charge in [-0.2, -0.15) is 0 Å². The van der Waals surface area contributed by atoms with Crippen LogP contribution in [-0.4, -0.2) is 35.9 Å². The number of piperidine rings is 1. The average molecular weight is 247 g/mol. The number of carbonyl (C=O) groups is 1. The number of rotatable bonds is 3. The Hall–Kier alpha value is -1.42. The van der Waals surface area contributed by atoms with Gasteiger partial charge in [-0.1, -0.05) is 13.0 Å². The molecule has 1 saturated heterocycles. The second kappa shape index (κ2) is 5.48. The number of aromatic nitrogens is 1. The Labute approximate surface area is 108 Å². The van der Waals surface area contributed by atoms with Crippen LogP contribution in [-0.2, 0) is 11.3 Å². The molecule has 1 aliphatic heterocycles. The van der Waals surface area contributed by atoms with Crippen LogP contribution in [0.1, 0.15) is 25.3 Å². The van der Waals surface area contributed by atoms with Gasteiger partial charge < -0.3 is 10.2 Å². The zero-order valence-corrected chi connectivity index (χ0v) is 11.1. The number of nitrogens with one attached hydrogen (secondary N) is 1. The van der Waals surface area contributed by atoms with Crippen molar-refractivity contribution in [2.45, 2.75) is 26.3 Å². The maximum Gasteiger partial charge on any atom is 0.228 e. The van der Waals surface area contributed by atoms with Crippen LogP contribution in [0, 0.1) is 5.41 Å². The van der Waals surface area contributed by atoms with E-state index in [4.69, 9.17) is 0 Å². The van der Waals surface area contributed by atoms with Crippen LogP contribution in [0.5, 0.6) is 0 Å². The van der Waals surface area contributed by atoms with Gasteiger partial charge in [-0.3, -0.25) is 9.78 Å². The number of nitrogens with zero attached hydrogens (tertiary/aromatic N) is 2. The Morgan fingerprint density at radius 3 is 2.83 bits per heavy atom. The molecule has 1 amide bonds. The van der Waals surface area contributed by atoms with Crippen LogP contribution < -0.4 is 5.32 Å². The summed E-state index contributed by atoms with van der Waals surface area (Å²) in [5.74, 6) is 0.243. The normalized spacial score (nSPS) is 18.3. The second-order valence-electron chi connectivity index (χ2n) is 5.33. The minimum Gasteiger partial charge on any atom is -0.341 e. The number of hydrogen-bond acceptors (Lipinski definition) is 3. The van der Waals surface area contributed by atoms with Crippen molar-refractivity contribution in [1.82, 2.24) is 15.2 Å². The minimum atomic E-state index is -0.206. The van der Waals surface area contributed by atoms with Gasteiger partial charge in [0, 0.05) is 31.4 Å². The van der Waals surface area contributed by atoms with E-state index in [2.05, 4.69) is 17.2 Å². The van der Waals surface area contributed by atoms with Crippen LogP contribution in [0.3, 0.4) is 0 Å². The number of carbonyl (C=O) groups excluding carboxylic acids is 1. The fourth-order valence-corrected chi connectivity index (χ4v) is 2.49. The molecule has 4 nitrogen and oxygen atoms in total. The highest BCUT2D eigenvalue weighted by Gasteiger charge is 2.36. The van der Waals surface area contributed by atoms with E-state index in [9.17, 15) is 4.79 Å². The van der Waals surface area contributed by atoms with Gasteiger partial charge in [0.05, 0.1) is 0 Å². The molecule has 1 aliphatic rings. The highest BCUT2D eigenvalue weighted by molar-refractivity contribution is 5.82. The van der Waals surface area contributed by atoms with Gasteiger partial charge in [0.2, 0.25) is 5.91 Å². The zero-order chi connectivity index (χ0) is 13.0. The van der Waals surface area contributed by atoms with Crippen LogP contribution in [0.2, 0.25) is 0 Å². The van der Waals surface area contributed by atoms with Gasteiger partial charge >= 0.3 is 0 Å². The monoisotopic (exact) mass is 247 g/mol. The Kier molecular flexibility index (Phi) is 3.97. The van der Waals surface area contributed by atoms with E-state index in [1.165, 1.54) is 0 Å². The number of hydrogen-bond donors (Lipinski definition) is 1. The van der Waals surface area contributed by atoms with Crippen molar-refractivity contribution in [3.05, 3.63) is 30.1 Å². The molecule has 1 N–H and O–H groups in total. The quantitative estimate of drug-likeness (QED) is 0.879. The van der Waals surface area contributed by atoms with E-state index in [1.54, 1.807) is 6.20 Å². The molecular weight excluding hydrogens is 226 g/mol. The molecule has 1 aromatic heterocycles. The summed E-state index contributed by atoms with van der Waals surface area (Å²) in [6.45, 7) is 4.58. The zero-order valence-electron chi connectivity index (χ0n) is 11.1. The Balaban J connectivity index is 2.00. The van der Waals surface area contributed by atoms with E-state index >= 15 is 0 Å². The third-order valence-corrected chi connectivity index (χ3v) is 3.71. The molecule has 0 atom stereocenters. The average Bonchev–Trinajstić information content (AvgIpc) is 2.40. The lowest BCUT2D eigenvalue weighted by Gasteiger charge is -2.36. The molecule has 0 aromatic carbocycles. The van der Waals surface area contributed by atoms with Crippen molar-refractivity contribution < 1.29 is 4.79 Å². The number of amides is 1. The third kappa shape index (κ3) is 2.88. The van der Waals surface area contributed by atoms with Gasteiger partial charge in [-0.25, -0.2) is 0 Å². The van der Waals surface area contributed by atoms with E-state index in [-0.39, 0.29) is 11.3 Å². The van der Waals surface area contributed by atoms with Crippen molar-refractivity contribution >= 4 is 5.91 Å². The lowest BCUT2D eigenvalue weighted by molar-refractivity contribution is -0.141. The molecule has 0 saturated carbocycles. The predicted molar refractivity (Wildman–Crippen MR) is 70.9 cm³/mol. The van der Waals surface area contributed by atoms with E-state index in [0.717, 1.165) is 31.5 Å². The van der Waals surface area contributed by atoms with Gasteiger partial charge in [0.1, 0.15) is 0 Å². The van der Waals surface area contributed by atoms with Gasteiger partial charge in [-0.15, -0.1) is 0 Å². The summed E-state index contributed by atoms with van der Waals surface area (Å²) in [5.41, 5.74) is 0.869. The van der Waals surface area contributed by atoms with E-state index in [0.29, 0.717) is 6.54 Å². The SMILES string of the molecule is CN(Cc1cccnc1)C(=O)C1(C)CCNCC1. The molecule has 18 heavy (non-hydrogen) atoms. The summed E-state index contributed by atoms with van der Waals surface area (Å²) in [6.07, 6.45) is 5.40. The van der Waals surface area contributed by atoms with Gasteiger partial charge in [0.25, 0.3) is 0 Å². The summed E-state index contributed by atoms with van der Waals surface area (Å²) in [7, 11) is 1.88. The molecule has 1 aromatic rings. The minimum absolute atomic E-state index is 0.206.